The number of nitrogens with one attached hydrogen (secondary N) is 1. The normalized spacial score (nSPS) is 12.4. The standard InChI is InChI=1S/C12H15N3O2S/c1-3-8(13)11(16)15-12-14-9-5-4-7(17-2)6-10(9)18-12/h4-6,8H,3,13H2,1-2H3,(H,14,15,16). The van der Waals surface area contributed by atoms with Crippen LogP contribution in [0.1, 0.15) is 13.3 Å². The van der Waals surface area contributed by atoms with Crippen molar-refractivity contribution in [3.8, 4) is 5.75 Å². The predicted octanol–water partition coefficient (Wildman–Crippen LogP) is 1.98. The van der Waals surface area contributed by atoms with Crippen LogP contribution in [0.15, 0.2) is 18.2 Å². The van der Waals surface area contributed by atoms with E-state index in [2.05, 4.69) is 10.3 Å². The number of aromatic nitrogens is 1. The molecule has 0 spiro atoms. The van der Waals surface area contributed by atoms with E-state index in [4.69, 9.17) is 10.5 Å². The second-order valence-corrected chi connectivity index (χ2v) is 4.89. The molecule has 2 rings (SSSR count). The average molecular weight is 265 g/mol. The molecule has 1 unspecified atom stereocenters. The van der Waals surface area contributed by atoms with E-state index < -0.39 is 6.04 Å². The number of thiazole rings is 1. The zero-order chi connectivity index (χ0) is 13.1. The Morgan fingerprint density at radius 2 is 2.39 bits per heavy atom. The van der Waals surface area contributed by atoms with Crippen molar-refractivity contribution in [2.24, 2.45) is 5.73 Å². The van der Waals surface area contributed by atoms with E-state index in [1.54, 1.807) is 7.11 Å². The van der Waals surface area contributed by atoms with Crippen LogP contribution < -0.4 is 15.8 Å². The lowest BCUT2D eigenvalue weighted by Crippen LogP contribution is -2.34. The zero-order valence-corrected chi connectivity index (χ0v) is 11.1. The fourth-order valence-corrected chi connectivity index (χ4v) is 2.37. The topological polar surface area (TPSA) is 77.2 Å². The number of carbonyl (C=O) groups excluding carboxylic acids is 1. The second kappa shape index (κ2) is 5.32. The highest BCUT2D eigenvalue weighted by Crippen LogP contribution is 2.29. The smallest absolute Gasteiger partial charge is 0.243 e. The highest BCUT2D eigenvalue weighted by atomic mass is 32.1. The van der Waals surface area contributed by atoms with Gasteiger partial charge in [-0.15, -0.1) is 0 Å². The summed E-state index contributed by atoms with van der Waals surface area (Å²) in [4.78, 5) is 16.0. The van der Waals surface area contributed by atoms with Gasteiger partial charge in [-0.1, -0.05) is 18.3 Å². The van der Waals surface area contributed by atoms with Crippen LogP contribution in [0.4, 0.5) is 5.13 Å². The van der Waals surface area contributed by atoms with Crippen molar-refractivity contribution in [3.05, 3.63) is 18.2 Å². The molecule has 0 saturated carbocycles. The van der Waals surface area contributed by atoms with Gasteiger partial charge in [-0.25, -0.2) is 4.98 Å². The third kappa shape index (κ3) is 2.60. The fourth-order valence-electron chi connectivity index (χ4n) is 1.47. The van der Waals surface area contributed by atoms with E-state index in [0.717, 1.165) is 16.0 Å². The first-order valence-electron chi connectivity index (χ1n) is 5.65. The summed E-state index contributed by atoms with van der Waals surface area (Å²) in [6.07, 6.45) is 0.602. The van der Waals surface area contributed by atoms with Gasteiger partial charge in [-0.05, 0) is 24.6 Å². The van der Waals surface area contributed by atoms with Crippen LogP contribution in [0.3, 0.4) is 0 Å². The predicted molar refractivity (Wildman–Crippen MR) is 73.1 cm³/mol. The Hall–Kier alpha value is -1.66. The van der Waals surface area contributed by atoms with Gasteiger partial charge in [-0.2, -0.15) is 0 Å². The Morgan fingerprint density at radius 1 is 1.61 bits per heavy atom. The van der Waals surface area contributed by atoms with E-state index >= 15 is 0 Å². The molecule has 96 valence electrons. The number of anilines is 1. The lowest BCUT2D eigenvalue weighted by Gasteiger charge is -2.06. The molecule has 5 nitrogen and oxygen atoms in total. The first kappa shape index (κ1) is 12.8. The maximum atomic E-state index is 11.6. The number of carbonyl (C=O) groups is 1. The molecule has 1 aromatic heterocycles. The van der Waals surface area contributed by atoms with Gasteiger partial charge in [-0.3, -0.25) is 4.79 Å². The molecule has 0 bridgehead atoms. The summed E-state index contributed by atoms with van der Waals surface area (Å²) in [6.45, 7) is 1.87. The Bertz CT molecular complexity index is 567. The Morgan fingerprint density at radius 3 is 3.06 bits per heavy atom. The molecule has 0 aliphatic rings. The summed E-state index contributed by atoms with van der Waals surface area (Å²) < 4.78 is 6.11. The van der Waals surface area contributed by atoms with Crippen molar-refractivity contribution < 1.29 is 9.53 Å². The van der Waals surface area contributed by atoms with Crippen molar-refractivity contribution in [3.63, 3.8) is 0 Å². The van der Waals surface area contributed by atoms with Crippen molar-refractivity contribution in [1.29, 1.82) is 0 Å². The third-order valence-corrected chi connectivity index (χ3v) is 3.54. The molecule has 0 aliphatic carbocycles. The number of nitrogens with zero attached hydrogens (tertiary/aromatic N) is 1. The lowest BCUT2D eigenvalue weighted by atomic mass is 10.2. The number of ether oxygens (including phenoxy) is 1. The summed E-state index contributed by atoms with van der Waals surface area (Å²) in [7, 11) is 1.62. The van der Waals surface area contributed by atoms with Crippen molar-refractivity contribution in [2.75, 3.05) is 12.4 Å². The molecule has 1 aromatic carbocycles. The van der Waals surface area contributed by atoms with Gasteiger partial charge in [0, 0.05) is 0 Å². The van der Waals surface area contributed by atoms with Crippen molar-refractivity contribution in [1.82, 2.24) is 4.98 Å². The van der Waals surface area contributed by atoms with E-state index in [1.807, 2.05) is 25.1 Å². The van der Waals surface area contributed by atoms with Crippen LogP contribution in [-0.4, -0.2) is 24.0 Å². The van der Waals surface area contributed by atoms with Crippen LogP contribution >= 0.6 is 11.3 Å². The lowest BCUT2D eigenvalue weighted by molar-refractivity contribution is -0.117. The van der Waals surface area contributed by atoms with Gasteiger partial charge in [0.2, 0.25) is 5.91 Å². The summed E-state index contributed by atoms with van der Waals surface area (Å²) in [5.74, 6) is 0.567. The van der Waals surface area contributed by atoms with Crippen LogP contribution in [0.2, 0.25) is 0 Å². The molecule has 3 N–H and O–H groups in total. The molecular weight excluding hydrogens is 250 g/mol. The number of fused-ring (bicyclic) bond motifs is 1. The van der Waals surface area contributed by atoms with Gasteiger partial charge in [0.15, 0.2) is 5.13 Å². The summed E-state index contributed by atoms with van der Waals surface area (Å²) >= 11 is 1.40. The quantitative estimate of drug-likeness (QED) is 0.886. The van der Waals surface area contributed by atoms with Gasteiger partial charge >= 0.3 is 0 Å². The van der Waals surface area contributed by atoms with E-state index in [9.17, 15) is 4.79 Å². The van der Waals surface area contributed by atoms with Crippen LogP contribution in [-0.2, 0) is 4.79 Å². The molecule has 6 heteroatoms. The molecule has 0 fully saturated rings. The number of hydrogen-bond acceptors (Lipinski definition) is 5. The molecule has 18 heavy (non-hydrogen) atoms. The number of nitrogens with two attached hydrogens (primary N) is 1. The molecule has 1 atom stereocenters. The summed E-state index contributed by atoms with van der Waals surface area (Å²) in [5.41, 5.74) is 6.48. The average Bonchev–Trinajstić information content (AvgIpc) is 2.78. The molecule has 0 aliphatic heterocycles. The third-order valence-electron chi connectivity index (χ3n) is 2.60. The molecule has 2 aromatic rings. The van der Waals surface area contributed by atoms with Crippen molar-refractivity contribution in [2.45, 2.75) is 19.4 Å². The van der Waals surface area contributed by atoms with Crippen molar-refractivity contribution >= 4 is 32.6 Å². The molecule has 0 radical (unpaired) electrons. The first-order valence-corrected chi connectivity index (χ1v) is 6.46. The summed E-state index contributed by atoms with van der Waals surface area (Å²) in [5, 5.41) is 3.28. The van der Waals surface area contributed by atoms with Gasteiger partial charge in [0.05, 0.1) is 23.4 Å². The largest absolute Gasteiger partial charge is 0.497 e. The number of hydrogen-bond donors (Lipinski definition) is 2. The second-order valence-electron chi connectivity index (χ2n) is 3.86. The number of amides is 1. The maximum Gasteiger partial charge on any atom is 0.243 e. The van der Waals surface area contributed by atoms with Crippen LogP contribution in [0, 0.1) is 0 Å². The molecule has 1 heterocycles. The number of rotatable bonds is 4. The maximum absolute atomic E-state index is 11.6. The van der Waals surface area contributed by atoms with Gasteiger partial charge < -0.3 is 15.8 Å². The molecule has 0 saturated heterocycles. The van der Waals surface area contributed by atoms with Crippen LogP contribution in [0.25, 0.3) is 10.2 Å². The highest BCUT2D eigenvalue weighted by Gasteiger charge is 2.13. The van der Waals surface area contributed by atoms with Crippen LogP contribution in [0.5, 0.6) is 5.75 Å². The summed E-state index contributed by atoms with van der Waals surface area (Å²) in [6, 6.07) is 5.10. The minimum absolute atomic E-state index is 0.205. The monoisotopic (exact) mass is 265 g/mol. The van der Waals surface area contributed by atoms with Gasteiger partial charge in [0.25, 0.3) is 0 Å². The fraction of sp³-hybridized carbons (Fsp3) is 0.333. The van der Waals surface area contributed by atoms with E-state index in [-0.39, 0.29) is 5.91 Å². The highest BCUT2D eigenvalue weighted by molar-refractivity contribution is 7.22. The Labute approximate surface area is 109 Å². The Kier molecular flexibility index (Phi) is 3.78. The number of benzene rings is 1. The molecular formula is C12H15N3O2S. The van der Waals surface area contributed by atoms with E-state index in [1.165, 1.54) is 11.3 Å². The zero-order valence-electron chi connectivity index (χ0n) is 10.3. The number of methoxy groups -OCH3 is 1. The molecule has 1 amide bonds. The Balaban J connectivity index is 2.22. The van der Waals surface area contributed by atoms with E-state index in [0.29, 0.717) is 11.6 Å². The minimum atomic E-state index is -0.494. The van der Waals surface area contributed by atoms with Gasteiger partial charge in [0.1, 0.15) is 5.75 Å². The first-order chi connectivity index (χ1) is 8.63. The SMILES string of the molecule is CCC(N)C(=O)Nc1nc2ccc(OC)cc2s1. The minimum Gasteiger partial charge on any atom is -0.497 e.